The largest absolute Gasteiger partial charge is 0.368 e. The molecule has 0 fully saturated rings. The van der Waals surface area contributed by atoms with E-state index in [-0.39, 0.29) is 18.0 Å². The number of hydrogen-bond acceptors (Lipinski definition) is 5. The van der Waals surface area contributed by atoms with Crippen LogP contribution in [-0.4, -0.2) is 40.5 Å². The van der Waals surface area contributed by atoms with Crippen molar-refractivity contribution >= 4 is 23.2 Å². The molecular weight excluding hydrogens is 409 g/mol. The van der Waals surface area contributed by atoms with Crippen LogP contribution in [0.2, 0.25) is 0 Å². The van der Waals surface area contributed by atoms with Crippen molar-refractivity contribution in [3.8, 4) is 0 Å². The van der Waals surface area contributed by atoms with Gasteiger partial charge in [-0.25, -0.2) is 4.39 Å². The molecule has 2 amide bonds. The van der Waals surface area contributed by atoms with E-state index in [4.69, 9.17) is 5.73 Å². The number of hydrazone groups is 1. The average molecular weight is 431 g/mol. The van der Waals surface area contributed by atoms with Gasteiger partial charge in [0.15, 0.2) is 0 Å². The zero-order valence-corrected chi connectivity index (χ0v) is 17.4. The fraction of sp³-hybridized carbons (Fsp3) is 0.167. The summed E-state index contributed by atoms with van der Waals surface area (Å²) < 4.78 is 13.3. The third kappa shape index (κ3) is 4.20. The molecule has 4 rings (SSSR count). The Labute approximate surface area is 185 Å². The van der Waals surface area contributed by atoms with Crippen molar-refractivity contribution in [3.05, 3.63) is 96.1 Å². The SMILES string of the molecule is CN(C(=O)C1=NN(c2ccc(F)cc2)C(C(N)=O)C1)C(c1ccccc1)c1ccccn1. The number of pyridine rings is 1. The Morgan fingerprint density at radius 1 is 1.06 bits per heavy atom. The first-order valence-corrected chi connectivity index (χ1v) is 10.1. The molecule has 1 aliphatic heterocycles. The number of carbonyl (C=O) groups excluding carboxylic acids is 2. The molecule has 0 radical (unpaired) electrons. The smallest absolute Gasteiger partial charge is 0.270 e. The Bertz CT molecular complexity index is 1100. The first-order chi connectivity index (χ1) is 15.5. The minimum absolute atomic E-state index is 0.0552. The van der Waals surface area contributed by atoms with Crippen molar-refractivity contribution in [2.75, 3.05) is 12.1 Å². The lowest BCUT2D eigenvalue weighted by Crippen LogP contribution is -2.40. The Kier molecular flexibility index (Phi) is 5.93. The van der Waals surface area contributed by atoms with E-state index in [1.54, 1.807) is 18.1 Å². The minimum atomic E-state index is -0.835. The molecule has 7 nitrogen and oxygen atoms in total. The number of nitrogens with zero attached hydrogens (tertiary/aromatic N) is 4. The second-order valence-electron chi connectivity index (χ2n) is 7.47. The van der Waals surface area contributed by atoms with Crippen LogP contribution < -0.4 is 10.7 Å². The average Bonchev–Trinajstić information content (AvgIpc) is 3.26. The van der Waals surface area contributed by atoms with E-state index < -0.39 is 23.8 Å². The summed E-state index contributed by atoms with van der Waals surface area (Å²) in [6.45, 7) is 0. The molecule has 0 spiro atoms. The summed E-state index contributed by atoms with van der Waals surface area (Å²) in [5.41, 5.74) is 7.84. The lowest BCUT2D eigenvalue weighted by molar-refractivity contribution is -0.124. The Balaban J connectivity index is 1.67. The van der Waals surface area contributed by atoms with Gasteiger partial charge in [0, 0.05) is 19.7 Å². The molecule has 2 unspecified atom stereocenters. The molecule has 1 aromatic heterocycles. The van der Waals surface area contributed by atoms with Crippen LogP contribution in [0.1, 0.15) is 23.7 Å². The van der Waals surface area contributed by atoms with Gasteiger partial charge in [0.25, 0.3) is 5.91 Å². The van der Waals surface area contributed by atoms with Crippen LogP contribution in [0.3, 0.4) is 0 Å². The maximum Gasteiger partial charge on any atom is 0.270 e. The van der Waals surface area contributed by atoms with Gasteiger partial charge in [-0.2, -0.15) is 5.10 Å². The fourth-order valence-electron chi connectivity index (χ4n) is 3.78. The van der Waals surface area contributed by atoms with Crippen LogP contribution in [0.4, 0.5) is 10.1 Å². The van der Waals surface area contributed by atoms with E-state index in [0.717, 1.165) is 5.56 Å². The van der Waals surface area contributed by atoms with Crippen LogP contribution in [0.15, 0.2) is 84.1 Å². The first kappa shape index (κ1) is 21.2. The van der Waals surface area contributed by atoms with E-state index in [2.05, 4.69) is 10.1 Å². The maximum absolute atomic E-state index is 13.5. The number of nitrogens with two attached hydrogens (primary N) is 1. The van der Waals surface area contributed by atoms with Crippen molar-refractivity contribution < 1.29 is 14.0 Å². The number of carbonyl (C=O) groups is 2. The second kappa shape index (κ2) is 8.97. The number of primary amides is 1. The number of anilines is 1. The third-order valence-corrected chi connectivity index (χ3v) is 5.37. The van der Waals surface area contributed by atoms with E-state index in [9.17, 15) is 14.0 Å². The topological polar surface area (TPSA) is 91.9 Å². The molecule has 3 aromatic rings. The molecule has 0 aliphatic carbocycles. The number of halogens is 1. The second-order valence-corrected chi connectivity index (χ2v) is 7.47. The van der Waals surface area contributed by atoms with Gasteiger partial charge in [-0.3, -0.25) is 19.6 Å². The fourth-order valence-corrected chi connectivity index (χ4v) is 3.78. The lowest BCUT2D eigenvalue weighted by atomic mass is 10.0. The molecule has 2 atom stereocenters. The van der Waals surface area contributed by atoms with Gasteiger partial charge in [-0.15, -0.1) is 0 Å². The van der Waals surface area contributed by atoms with E-state index >= 15 is 0 Å². The Morgan fingerprint density at radius 3 is 2.38 bits per heavy atom. The molecule has 0 saturated heterocycles. The van der Waals surface area contributed by atoms with E-state index in [1.807, 2.05) is 48.5 Å². The van der Waals surface area contributed by atoms with Gasteiger partial charge >= 0.3 is 0 Å². The van der Waals surface area contributed by atoms with Gasteiger partial charge < -0.3 is 10.6 Å². The molecule has 8 heteroatoms. The van der Waals surface area contributed by atoms with Crippen LogP contribution in [0.5, 0.6) is 0 Å². The van der Waals surface area contributed by atoms with Crippen molar-refractivity contribution in [1.82, 2.24) is 9.88 Å². The predicted octanol–water partition coefficient (Wildman–Crippen LogP) is 2.89. The van der Waals surface area contributed by atoms with Crippen molar-refractivity contribution in [2.45, 2.75) is 18.5 Å². The molecule has 2 aromatic carbocycles. The molecular formula is C24H22FN5O2. The number of amides is 2. The highest BCUT2D eigenvalue weighted by molar-refractivity contribution is 6.40. The molecule has 2 N–H and O–H groups in total. The van der Waals surface area contributed by atoms with Crippen LogP contribution in [-0.2, 0) is 9.59 Å². The number of rotatable bonds is 6. The third-order valence-electron chi connectivity index (χ3n) is 5.37. The summed E-state index contributed by atoms with van der Waals surface area (Å²) in [5, 5.41) is 5.77. The van der Waals surface area contributed by atoms with Gasteiger partial charge in [0.2, 0.25) is 5.91 Å². The van der Waals surface area contributed by atoms with Crippen molar-refractivity contribution in [3.63, 3.8) is 0 Å². The minimum Gasteiger partial charge on any atom is -0.368 e. The summed E-state index contributed by atoms with van der Waals surface area (Å²) in [6.07, 6.45) is 1.73. The van der Waals surface area contributed by atoms with Crippen LogP contribution >= 0.6 is 0 Å². The molecule has 32 heavy (non-hydrogen) atoms. The Hall–Kier alpha value is -4.07. The van der Waals surface area contributed by atoms with Crippen molar-refractivity contribution in [2.24, 2.45) is 10.8 Å². The highest BCUT2D eigenvalue weighted by Gasteiger charge is 2.37. The Morgan fingerprint density at radius 2 is 1.75 bits per heavy atom. The monoisotopic (exact) mass is 431 g/mol. The van der Waals surface area contributed by atoms with Crippen LogP contribution in [0.25, 0.3) is 0 Å². The quantitative estimate of drug-likeness (QED) is 0.650. The first-order valence-electron chi connectivity index (χ1n) is 10.1. The summed E-state index contributed by atoms with van der Waals surface area (Å²) in [7, 11) is 1.68. The van der Waals surface area contributed by atoms with Gasteiger partial charge in [0.1, 0.15) is 17.6 Å². The highest BCUT2D eigenvalue weighted by atomic mass is 19.1. The van der Waals surface area contributed by atoms with Crippen LogP contribution in [0, 0.1) is 5.82 Å². The number of benzene rings is 2. The standard InChI is InChI=1S/C24H22FN5O2/c1-29(22(16-7-3-2-4-8-16)19-9-5-6-14-27-19)24(32)20-15-21(23(26)31)30(28-20)18-12-10-17(25)11-13-18/h2-14,21-22H,15H2,1H3,(H2,26,31). The number of aromatic nitrogens is 1. The van der Waals surface area contributed by atoms with Gasteiger partial charge in [-0.05, 0) is 42.0 Å². The zero-order valence-electron chi connectivity index (χ0n) is 17.4. The molecule has 1 aliphatic rings. The molecule has 0 bridgehead atoms. The molecule has 0 saturated carbocycles. The normalized spacial score (nSPS) is 16.4. The summed E-state index contributed by atoms with van der Waals surface area (Å²) in [5.74, 6) is -1.38. The van der Waals surface area contributed by atoms with E-state index in [1.165, 1.54) is 29.3 Å². The maximum atomic E-state index is 13.5. The highest BCUT2D eigenvalue weighted by Crippen LogP contribution is 2.29. The predicted molar refractivity (Wildman–Crippen MR) is 119 cm³/mol. The molecule has 162 valence electrons. The van der Waals surface area contributed by atoms with Crippen molar-refractivity contribution in [1.29, 1.82) is 0 Å². The zero-order chi connectivity index (χ0) is 22.7. The summed E-state index contributed by atoms with van der Waals surface area (Å²) in [4.78, 5) is 31.5. The number of hydrogen-bond donors (Lipinski definition) is 1. The summed E-state index contributed by atoms with van der Waals surface area (Å²) in [6, 6.07) is 19.3. The van der Waals surface area contributed by atoms with Gasteiger partial charge in [0.05, 0.1) is 17.4 Å². The van der Waals surface area contributed by atoms with E-state index in [0.29, 0.717) is 11.4 Å². The summed E-state index contributed by atoms with van der Waals surface area (Å²) >= 11 is 0. The van der Waals surface area contributed by atoms with Gasteiger partial charge in [-0.1, -0.05) is 36.4 Å². The lowest BCUT2D eigenvalue weighted by Gasteiger charge is -2.28. The molecule has 2 heterocycles.